The first-order valence-electron chi connectivity index (χ1n) is 7.00. The Labute approximate surface area is 125 Å². The average molecular weight is 317 g/mol. The molecule has 3 nitrogen and oxygen atoms in total. The van der Waals surface area contributed by atoms with E-state index in [9.17, 15) is 8.42 Å². The summed E-state index contributed by atoms with van der Waals surface area (Å²) >= 11 is 0. The van der Waals surface area contributed by atoms with Crippen molar-refractivity contribution in [3.63, 3.8) is 0 Å². The molecular formula is C15H21ClO3S. The molecule has 0 aromatic heterocycles. The molecule has 5 heteroatoms. The second-order valence-electron chi connectivity index (χ2n) is 5.85. The Kier molecular flexibility index (Phi) is 4.65. The van der Waals surface area contributed by atoms with Crippen LogP contribution in [-0.2, 0) is 9.05 Å². The Morgan fingerprint density at radius 3 is 2.30 bits per heavy atom. The SMILES string of the molecule is Cc1cc(C)c(OC2CCC(C)CC2)c(S(=O)(=O)Cl)c1. The number of halogens is 1. The van der Waals surface area contributed by atoms with E-state index >= 15 is 0 Å². The second-order valence-corrected chi connectivity index (χ2v) is 8.38. The van der Waals surface area contributed by atoms with Crippen molar-refractivity contribution in [1.29, 1.82) is 0 Å². The third kappa shape index (κ3) is 3.67. The molecule has 0 heterocycles. The van der Waals surface area contributed by atoms with E-state index in [-0.39, 0.29) is 11.0 Å². The summed E-state index contributed by atoms with van der Waals surface area (Å²) in [5, 5.41) is 0. The van der Waals surface area contributed by atoms with Gasteiger partial charge in [0.05, 0.1) is 6.10 Å². The Morgan fingerprint density at radius 1 is 1.15 bits per heavy atom. The number of hydrogen-bond acceptors (Lipinski definition) is 3. The third-order valence-corrected chi connectivity index (χ3v) is 5.22. The highest BCUT2D eigenvalue weighted by atomic mass is 35.7. The van der Waals surface area contributed by atoms with Crippen molar-refractivity contribution in [2.75, 3.05) is 0 Å². The van der Waals surface area contributed by atoms with E-state index in [0.29, 0.717) is 5.75 Å². The minimum absolute atomic E-state index is 0.0878. The summed E-state index contributed by atoms with van der Waals surface area (Å²) in [6, 6.07) is 3.50. The van der Waals surface area contributed by atoms with Gasteiger partial charge < -0.3 is 4.74 Å². The van der Waals surface area contributed by atoms with Gasteiger partial charge in [-0.25, -0.2) is 8.42 Å². The highest BCUT2D eigenvalue weighted by Crippen LogP contribution is 2.35. The molecule has 0 aliphatic heterocycles. The van der Waals surface area contributed by atoms with Crippen LogP contribution < -0.4 is 4.74 Å². The molecule has 0 saturated heterocycles. The Balaban J connectivity index is 2.31. The molecule has 1 aliphatic carbocycles. The fourth-order valence-electron chi connectivity index (χ4n) is 2.76. The van der Waals surface area contributed by atoms with Crippen molar-refractivity contribution in [2.24, 2.45) is 5.92 Å². The third-order valence-electron chi connectivity index (χ3n) is 3.89. The fraction of sp³-hybridized carbons (Fsp3) is 0.600. The Morgan fingerprint density at radius 2 is 1.75 bits per heavy atom. The van der Waals surface area contributed by atoms with Gasteiger partial charge in [0.1, 0.15) is 10.6 Å². The predicted octanol–water partition coefficient (Wildman–Crippen LogP) is 4.19. The van der Waals surface area contributed by atoms with Crippen molar-refractivity contribution in [2.45, 2.75) is 57.5 Å². The van der Waals surface area contributed by atoms with Crippen LogP contribution in [0.1, 0.15) is 43.7 Å². The zero-order valence-corrected chi connectivity index (χ0v) is 13.7. The fourth-order valence-corrected chi connectivity index (χ4v) is 3.86. The first-order valence-corrected chi connectivity index (χ1v) is 9.31. The molecule has 1 aromatic carbocycles. The number of aryl methyl sites for hydroxylation is 2. The number of ether oxygens (including phenoxy) is 1. The lowest BCUT2D eigenvalue weighted by molar-refractivity contribution is 0.131. The van der Waals surface area contributed by atoms with Crippen LogP contribution in [0.15, 0.2) is 17.0 Å². The highest BCUT2D eigenvalue weighted by molar-refractivity contribution is 8.13. The van der Waals surface area contributed by atoms with E-state index in [4.69, 9.17) is 15.4 Å². The maximum absolute atomic E-state index is 11.7. The highest BCUT2D eigenvalue weighted by Gasteiger charge is 2.25. The standard InChI is InChI=1S/C15H21ClO3S/c1-10-4-6-13(7-5-10)19-15-12(3)8-11(2)9-14(15)20(16,17)18/h8-10,13H,4-7H2,1-3H3. The molecular weight excluding hydrogens is 296 g/mol. The summed E-state index contributed by atoms with van der Waals surface area (Å²) in [7, 11) is 1.75. The van der Waals surface area contributed by atoms with Gasteiger partial charge >= 0.3 is 0 Å². The molecule has 20 heavy (non-hydrogen) atoms. The van der Waals surface area contributed by atoms with Crippen molar-refractivity contribution in [3.05, 3.63) is 23.3 Å². The summed E-state index contributed by atoms with van der Waals surface area (Å²) < 4.78 is 29.5. The zero-order chi connectivity index (χ0) is 14.9. The molecule has 0 N–H and O–H groups in total. The van der Waals surface area contributed by atoms with E-state index in [0.717, 1.165) is 42.7 Å². The summed E-state index contributed by atoms with van der Waals surface area (Å²) in [5.41, 5.74) is 1.69. The van der Waals surface area contributed by atoms with Gasteiger partial charge in [0.15, 0.2) is 0 Å². The van der Waals surface area contributed by atoms with Crippen LogP contribution in [0.4, 0.5) is 0 Å². The quantitative estimate of drug-likeness (QED) is 0.785. The molecule has 0 atom stereocenters. The second kappa shape index (κ2) is 5.94. The largest absolute Gasteiger partial charge is 0.489 e. The number of hydrogen-bond donors (Lipinski definition) is 0. The molecule has 1 aliphatic rings. The minimum Gasteiger partial charge on any atom is -0.489 e. The molecule has 0 amide bonds. The Bertz CT molecular complexity index is 587. The van der Waals surface area contributed by atoms with Gasteiger partial charge in [-0.15, -0.1) is 0 Å². The molecule has 2 rings (SSSR count). The summed E-state index contributed by atoms with van der Waals surface area (Å²) in [6.45, 7) is 5.95. The van der Waals surface area contributed by atoms with Crippen LogP contribution in [0.2, 0.25) is 0 Å². The van der Waals surface area contributed by atoms with Crippen molar-refractivity contribution < 1.29 is 13.2 Å². The van der Waals surface area contributed by atoms with Crippen LogP contribution in [0.5, 0.6) is 5.75 Å². The van der Waals surface area contributed by atoms with E-state index in [1.807, 2.05) is 19.9 Å². The molecule has 0 spiro atoms. The lowest BCUT2D eigenvalue weighted by Crippen LogP contribution is -2.24. The normalized spacial score (nSPS) is 23.6. The van der Waals surface area contributed by atoms with Gasteiger partial charge in [-0.05, 0) is 62.6 Å². The zero-order valence-electron chi connectivity index (χ0n) is 12.1. The van der Waals surface area contributed by atoms with Crippen LogP contribution >= 0.6 is 10.7 Å². The number of benzene rings is 1. The van der Waals surface area contributed by atoms with E-state index in [1.54, 1.807) is 6.07 Å². The summed E-state index contributed by atoms with van der Waals surface area (Å²) in [5.74, 6) is 1.15. The van der Waals surface area contributed by atoms with Gasteiger partial charge in [-0.3, -0.25) is 0 Å². The van der Waals surface area contributed by atoms with Crippen LogP contribution in [0, 0.1) is 19.8 Å². The maximum Gasteiger partial charge on any atom is 0.265 e. The minimum atomic E-state index is -3.79. The Hall–Kier alpha value is -0.740. The van der Waals surface area contributed by atoms with Gasteiger partial charge in [-0.2, -0.15) is 0 Å². The van der Waals surface area contributed by atoms with Crippen molar-refractivity contribution in [3.8, 4) is 5.75 Å². The topological polar surface area (TPSA) is 43.4 Å². The van der Waals surface area contributed by atoms with Gasteiger partial charge in [-0.1, -0.05) is 13.0 Å². The van der Waals surface area contributed by atoms with E-state index in [1.165, 1.54) is 0 Å². The lowest BCUT2D eigenvalue weighted by Gasteiger charge is -2.28. The summed E-state index contributed by atoms with van der Waals surface area (Å²) in [6.07, 6.45) is 4.27. The van der Waals surface area contributed by atoms with Crippen LogP contribution in [-0.4, -0.2) is 14.5 Å². The van der Waals surface area contributed by atoms with Gasteiger partial charge in [0.2, 0.25) is 0 Å². The molecule has 0 unspecified atom stereocenters. The van der Waals surface area contributed by atoms with Crippen molar-refractivity contribution >= 4 is 19.7 Å². The van der Waals surface area contributed by atoms with Crippen molar-refractivity contribution in [1.82, 2.24) is 0 Å². The summed E-state index contributed by atoms with van der Waals surface area (Å²) in [4.78, 5) is 0.0929. The average Bonchev–Trinajstić information content (AvgIpc) is 2.33. The predicted molar refractivity (Wildman–Crippen MR) is 81.0 cm³/mol. The molecule has 1 saturated carbocycles. The molecule has 0 bridgehead atoms. The molecule has 1 fully saturated rings. The van der Waals surface area contributed by atoms with Gasteiger partial charge in [0.25, 0.3) is 9.05 Å². The first-order chi connectivity index (χ1) is 9.27. The van der Waals surface area contributed by atoms with Gasteiger partial charge in [0, 0.05) is 10.7 Å². The molecule has 1 aromatic rings. The van der Waals surface area contributed by atoms with E-state index in [2.05, 4.69) is 6.92 Å². The number of rotatable bonds is 3. The van der Waals surface area contributed by atoms with Crippen LogP contribution in [0.25, 0.3) is 0 Å². The maximum atomic E-state index is 11.7. The smallest absolute Gasteiger partial charge is 0.265 e. The molecule has 0 radical (unpaired) electrons. The first kappa shape index (κ1) is 15.6. The monoisotopic (exact) mass is 316 g/mol. The lowest BCUT2D eigenvalue weighted by atomic mass is 9.89. The van der Waals surface area contributed by atoms with E-state index < -0.39 is 9.05 Å². The van der Waals surface area contributed by atoms with Crippen LogP contribution in [0.3, 0.4) is 0 Å². The molecule has 112 valence electrons.